The zero-order chi connectivity index (χ0) is 13.3. The summed E-state index contributed by atoms with van der Waals surface area (Å²) in [6, 6.07) is 1.67. The van der Waals surface area contributed by atoms with E-state index in [9.17, 15) is 9.59 Å². The van der Waals surface area contributed by atoms with Crippen LogP contribution in [0.25, 0.3) is 17.0 Å². The van der Waals surface area contributed by atoms with Crippen molar-refractivity contribution in [3.8, 4) is 0 Å². The first-order chi connectivity index (χ1) is 8.63. The third kappa shape index (κ3) is 1.78. The number of allylic oxidation sites excluding steroid dienone is 1. The van der Waals surface area contributed by atoms with E-state index in [1.807, 2.05) is 13.0 Å². The Morgan fingerprint density at radius 1 is 1.28 bits per heavy atom. The predicted molar refractivity (Wildman–Crippen MR) is 73.7 cm³/mol. The monoisotopic (exact) mass is 260 g/mol. The van der Waals surface area contributed by atoms with Gasteiger partial charge >= 0.3 is 0 Å². The summed E-state index contributed by atoms with van der Waals surface area (Å²) in [6.07, 6.45) is 5.05. The van der Waals surface area contributed by atoms with Crippen LogP contribution in [0.3, 0.4) is 0 Å². The number of aryl methyl sites for hydroxylation is 1. The smallest absolute Gasteiger partial charge is 0.154 e. The highest BCUT2D eigenvalue weighted by Gasteiger charge is 2.18. The van der Waals surface area contributed by atoms with Gasteiger partial charge in [0.05, 0.1) is 10.5 Å². The van der Waals surface area contributed by atoms with Gasteiger partial charge in [0.15, 0.2) is 12.6 Å². The van der Waals surface area contributed by atoms with Crippen LogP contribution in [0.15, 0.2) is 21.5 Å². The normalized spacial score (nSPS) is 11.3. The number of benzene rings is 1. The summed E-state index contributed by atoms with van der Waals surface area (Å²) in [4.78, 5) is 22.8. The SMILES string of the molecule is CC=Cc1oc2c(C=O)c(C)cc(C=O)c2c1S. The van der Waals surface area contributed by atoms with Crippen molar-refractivity contribution in [2.45, 2.75) is 18.7 Å². The van der Waals surface area contributed by atoms with Crippen molar-refractivity contribution in [3.05, 3.63) is 34.6 Å². The molecule has 0 bridgehead atoms. The van der Waals surface area contributed by atoms with Crippen LogP contribution in [0.4, 0.5) is 0 Å². The average molecular weight is 260 g/mol. The zero-order valence-electron chi connectivity index (χ0n) is 10.1. The van der Waals surface area contributed by atoms with E-state index in [1.54, 1.807) is 19.1 Å². The van der Waals surface area contributed by atoms with Crippen molar-refractivity contribution in [1.82, 2.24) is 0 Å². The predicted octanol–water partition coefficient (Wildman–Crippen LogP) is 3.69. The molecule has 18 heavy (non-hydrogen) atoms. The Morgan fingerprint density at radius 3 is 2.56 bits per heavy atom. The third-order valence-corrected chi connectivity index (χ3v) is 3.25. The first-order valence-corrected chi connectivity index (χ1v) is 5.90. The molecule has 0 saturated heterocycles. The zero-order valence-corrected chi connectivity index (χ0v) is 11.0. The molecule has 0 fully saturated rings. The highest BCUT2D eigenvalue weighted by molar-refractivity contribution is 7.80. The van der Waals surface area contributed by atoms with Crippen LogP contribution in [0.1, 0.15) is 39.0 Å². The van der Waals surface area contributed by atoms with Gasteiger partial charge in [-0.2, -0.15) is 0 Å². The lowest BCUT2D eigenvalue weighted by Gasteiger charge is -2.02. The number of carbonyl (C=O) groups is 2. The van der Waals surface area contributed by atoms with Crippen LogP contribution in [-0.2, 0) is 0 Å². The first kappa shape index (κ1) is 12.6. The number of furan rings is 1. The van der Waals surface area contributed by atoms with E-state index < -0.39 is 0 Å². The maximum absolute atomic E-state index is 11.1. The summed E-state index contributed by atoms with van der Waals surface area (Å²) >= 11 is 4.37. The number of fused-ring (bicyclic) bond motifs is 1. The molecule has 1 aromatic heterocycles. The van der Waals surface area contributed by atoms with Gasteiger partial charge in [-0.25, -0.2) is 0 Å². The molecule has 0 unspecified atom stereocenters. The second-order valence-electron chi connectivity index (χ2n) is 3.95. The average Bonchev–Trinajstić information content (AvgIpc) is 2.67. The van der Waals surface area contributed by atoms with E-state index in [1.165, 1.54) is 0 Å². The van der Waals surface area contributed by atoms with Crippen molar-refractivity contribution in [1.29, 1.82) is 0 Å². The van der Waals surface area contributed by atoms with Gasteiger partial charge < -0.3 is 4.42 Å². The molecule has 1 aromatic carbocycles. The van der Waals surface area contributed by atoms with Crippen LogP contribution < -0.4 is 0 Å². The number of aldehydes is 2. The maximum atomic E-state index is 11.1. The summed E-state index contributed by atoms with van der Waals surface area (Å²) in [5, 5.41) is 0.592. The molecule has 1 heterocycles. The second kappa shape index (κ2) is 4.82. The lowest BCUT2D eigenvalue weighted by molar-refractivity contribution is 0.111. The minimum atomic E-state index is 0.421. The van der Waals surface area contributed by atoms with Crippen molar-refractivity contribution in [2.24, 2.45) is 0 Å². The first-order valence-electron chi connectivity index (χ1n) is 5.46. The standard InChI is InChI=1S/C14H12O3S/c1-3-4-11-14(18)12-9(6-15)5-8(2)10(7-16)13(12)17-11/h3-7,18H,1-2H3. The molecule has 0 spiro atoms. The fourth-order valence-corrected chi connectivity index (χ4v) is 2.31. The molecule has 0 radical (unpaired) electrons. The van der Waals surface area contributed by atoms with Gasteiger partial charge in [-0.15, -0.1) is 12.6 Å². The fraction of sp³-hybridized carbons (Fsp3) is 0.143. The highest BCUT2D eigenvalue weighted by Crippen LogP contribution is 2.35. The summed E-state index contributed by atoms with van der Waals surface area (Å²) < 4.78 is 5.63. The molecule has 4 heteroatoms. The number of hydrogen-bond donors (Lipinski definition) is 1. The molecule has 0 saturated carbocycles. The Balaban J connectivity index is 2.98. The van der Waals surface area contributed by atoms with Crippen LogP contribution in [0.5, 0.6) is 0 Å². The molecule has 0 amide bonds. The van der Waals surface area contributed by atoms with E-state index in [2.05, 4.69) is 12.6 Å². The van der Waals surface area contributed by atoms with Crippen molar-refractivity contribution in [3.63, 3.8) is 0 Å². The van der Waals surface area contributed by atoms with Gasteiger partial charge in [0.25, 0.3) is 0 Å². The van der Waals surface area contributed by atoms with Crippen molar-refractivity contribution >= 4 is 42.2 Å². The molecule has 3 nitrogen and oxygen atoms in total. The number of carbonyl (C=O) groups excluding carboxylic acids is 2. The Labute approximate surface area is 110 Å². The summed E-state index contributed by atoms with van der Waals surface area (Å²) in [6.45, 7) is 3.62. The van der Waals surface area contributed by atoms with Crippen LogP contribution in [0.2, 0.25) is 0 Å². The molecule has 0 aliphatic carbocycles. The van der Waals surface area contributed by atoms with Gasteiger partial charge in [0.1, 0.15) is 11.3 Å². The number of thiol groups is 1. The second-order valence-corrected chi connectivity index (χ2v) is 4.40. The molecule has 2 aromatic rings. The molecule has 92 valence electrons. The lowest BCUT2D eigenvalue weighted by atomic mass is 10.0. The van der Waals surface area contributed by atoms with Crippen LogP contribution in [0, 0.1) is 6.92 Å². The molecular weight excluding hydrogens is 248 g/mol. The van der Waals surface area contributed by atoms with Gasteiger partial charge in [0.2, 0.25) is 0 Å². The Kier molecular flexibility index (Phi) is 3.39. The highest BCUT2D eigenvalue weighted by atomic mass is 32.1. The molecule has 2 rings (SSSR count). The largest absolute Gasteiger partial charge is 0.455 e. The summed E-state index contributed by atoms with van der Waals surface area (Å²) in [5.74, 6) is 0.549. The van der Waals surface area contributed by atoms with Gasteiger partial charge in [-0.05, 0) is 31.6 Å². The number of hydrogen-bond acceptors (Lipinski definition) is 4. The summed E-state index contributed by atoms with van der Waals surface area (Å²) in [7, 11) is 0. The molecule has 0 aliphatic rings. The van der Waals surface area contributed by atoms with E-state index in [0.717, 1.165) is 12.6 Å². The molecule has 0 N–H and O–H groups in total. The maximum Gasteiger partial charge on any atom is 0.154 e. The van der Waals surface area contributed by atoms with Gasteiger partial charge in [0, 0.05) is 10.9 Å². The van der Waals surface area contributed by atoms with E-state index in [4.69, 9.17) is 4.42 Å². The quantitative estimate of drug-likeness (QED) is 0.676. The van der Waals surface area contributed by atoms with Crippen molar-refractivity contribution < 1.29 is 14.0 Å². The Hall–Kier alpha value is -1.81. The van der Waals surface area contributed by atoms with Crippen molar-refractivity contribution in [2.75, 3.05) is 0 Å². The minimum Gasteiger partial charge on any atom is -0.455 e. The van der Waals surface area contributed by atoms with Gasteiger partial charge in [-0.3, -0.25) is 9.59 Å². The number of rotatable bonds is 3. The topological polar surface area (TPSA) is 47.3 Å². The molecular formula is C14H12O3S. The summed E-state index contributed by atoms with van der Waals surface area (Å²) in [5.41, 5.74) is 2.08. The Morgan fingerprint density at radius 2 is 2.00 bits per heavy atom. The fourth-order valence-electron chi connectivity index (χ4n) is 1.96. The van der Waals surface area contributed by atoms with Crippen LogP contribution >= 0.6 is 12.6 Å². The van der Waals surface area contributed by atoms with Crippen LogP contribution in [-0.4, -0.2) is 12.6 Å². The molecule has 0 atom stereocenters. The Bertz CT molecular complexity index is 665. The minimum absolute atomic E-state index is 0.421. The lowest BCUT2D eigenvalue weighted by Crippen LogP contribution is -1.91. The molecule has 0 aliphatic heterocycles. The van der Waals surface area contributed by atoms with E-state index >= 15 is 0 Å². The van der Waals surface area contributed by atoms with E-state index in [-0.39, 0.29) is 0 Å². The third-order valence-electron chi connectivity index (χ3n) is 2.80. The van der Waals surface area contributed by atoms with E-state index in [0.29, 0.717) is 38.3 Å². The van der Waals surface area contributed by atoms with Gasteiger partial charge in [-0.1, -0.05) is 6.08 Å².